The fraction of sp³-hybridized carbons (Fsp3) is 1.00. The van der Waals surface area contributed by atoms with Gasteiger partial charge < -0.3 is 5.11 Å². The van der Waals surface area contributed by atoms with E-state index in [1.165, 1.54) is 18.6 Å². The van der Waals surface area contributed by atoms with E-state index in [0.717, 1.165) is 0 Å². The summed E-state index contributed by atoms with van der Waals surface area (Å²) in [6.07, 6.45) is 2.43. The number of thioether (sulfide) groups is 1. The molecular weight excluding hydrogens is 144 g/mol. The topological polar surface area (TPSA) is 20.2 Å². The summed E-state index contributed by atoms with van der Waals surface area (Å²) in [5, 5.41) is 10.1. The molecule has 0 aromatic carbocycles. The van der Waals surface area contributed by atoms with E-state index >= 15 is 0 Å². The van der Waals surface area contributed by atoms with E-state index in [1.54, 1.807) is 0 Å². The zero-order valence-corrected chi connectivity index (χ0v) is 7.53. The van der Waals surface area contributed by atoms with Crippen LogP contribution in [-0.2, 0) is 0 Å². The van der Waals surface area contributed by atoms with Gasteiger partial charge in [-0.05, 0) is 24.5 Å². The van der Waals surface area contributed by atoms with E-state index < -0.39 is 0 Å². The van der Waals surface area contributed by atoms with Crippen molar-refractivity contribution in [1.29, 1.82) is 0 Å². The Bertz CT molecular complexity index is 97.4. The third kappa shape index (κ3) is 1.89. The van der Waals surface area contributed by atoms with Crippen molar-refractivity contribution in [2.24, 2.45) is 5.92 Å². The highest BCUT2D eigenvalue weighted by atomic mass is 32.2. The van der Waals surface area contributed by atoms with Gasteiger partial charge in [-0.25, -0.2) is 0 Å². The van der Waals surface area contributed by atoms with Crippen LogP contribution < -0.4 is 0 Å². The predicted octanol–water partition coefficient (Wildman–Crippen LogP) is 1.90. The van der Waals surface area contributed by atoms with Crippen molar-refractivity contribution in [3.63, 3.8) is 0 Å². The van der Waals surface area contributed by atoms with E-state index in [1.807, 2.05) is 11.8 Å². The minimum Gasteiger partial charge on any atom is -0.392 e. The Labute approximate surface area is 67.2 Å². The van der Waals surface area contributed by atoms with Crippen molar-refractivity contribution >= 4 is 11.8 Å². The first-order valence-electron chi connectivity index (χ1n) is 4.01. The summed E-state index contributed by atoms with van der Waals surface area (Å²) in [5.74, 6) is 1.67. The molecule has 2 heteroatoms. The zero-order chi connectivity index (χ0) is 7.56. The lowest BCUT2D eigenvalue weighted by atomic mass is 10.0. The Hall–Kier alpha value is 0.310. The van der Waals surface area contributed by atoms with Crippen LogP contribution in [0.3, 0.4) is 0 Å². The lowest BCUT2D eigenvalue weighted by Gasteiger charge is -2.20. The van der Waals surface area contributed by atoms with Gasteiger partial charge in [-0.15, -0.1) is 0 Å². The molecule has 2 atom stereocenters. The van der Waals surface area contributed by atoms with E-state index in [-0.39, 0.29) is 6.10 Å². The average molecular weight is 160 g/mol. The Morgan fingerprint density at radius 2 is 2.20 bits per heavy atom. The quantitative estimate of drug-likeness (QED) is 0.666. The molecule has 0 spiro atoms. The molecule has 1 N–H and O–H groups in total. The molecule has 0 amide bonds. The largest absolute Gasteiger partial charge is 0.392 e. The van der Waals surface area contributed by atoms with Crippen molar-refractivity contribution in [1.82, 2.24) is 0 Å². The van der Waals surface area contributed by atoms with Crippen LogP contribution >= 0.6 is 11.8 Å². The van der Waals surface area contributed by atoms with Crippen LogP contribution in [0.4, 0.5) is 0 Å². The van der Waals surface area contributed by atoms with Gasteiger partial charge in [0.15, 0.2) is 0 Å². The smallest absolute Gasteiger partial charge is 0.0681 e. The number of aliphatic hydroxyl groups is 1. The van der Waals surface area contributed by atoms with Gasteiger partial charge >= 0.3 is 0 Å². The lowest BCUT2D eigenvalue weighted by molar-refractivity contribution is 0.121. The van der Waals surface area contributed by atoms with Crippen LogP contribution in [-0.4, -0.2) is 22.2 Å². The Balaban J connectivity index is 2.32. The fourth-order valence-electron chi connectivity index (χ4n) is 1.30. The molecule has 60 valence electrons. The summed E-state index contributed by atoms with van der Waals surface area (Å²) in [4.78, 5) is 0. The molecule has 1 fully saturated rings. The Morgan fingerprint density at radius 3 is 2.60 bits per heavy atom. The predicted molar refractivity (Wildman–Crippen MR) is 46.3 cm³/mol. The standard InChI is InChI=1S/C8H16OS/c1-6(2)8(9)7-4-3-5-10-7/h6-9H,3-5H2,1-2H3. The molecule has 2 unspecified atom stereocenters. The van der Waals surface area contributed by atoms with Crippen LogP contribution in [0.15, 0.2) is 0 Å². The van der Waals surface area contributed by atoms with E-state index in [9.17, 15) is 5.11 Å². The van der Waals surface area contributed by atoms with Crippen LogP contribution in [0.5, 0.6) is 0 Å². The highest BCUT2D eigenvalue weighted by molar-refractivity contribution is 8.00. The first-order chi connectivity index (χ1) is 4.72. The molecule has 0 radical (unpaired) electrons. The number of hydrogen-bond acceptors (Lipinski definition) is 2. The summed E-state index contributed by atoms with van der Waals surface area (Å²) in [6.45, 7) is 4.17. The van der Waals surface area contributed by atoms with Gasteiger partial charge in [0.1, 0.15) is 0 Å². The first kappa shape index (κ1) is 8.41. The number of hydrogen-bond donors (Lipinski definition) is 1. The molecule has 0 aliphatic carbocycles. The number of aliphatic hydroxyl groups excluding tert-OH is 1. The average Bonchev–Trinajstić information content (AvgIpc) is 2.36. The van der Waals surface area contributed by atoms with Crippen LogP contribution in [0.1, 0.15) is 26.7 Å². The zero-order valence-electron chi connectivity index (χ0n) is 6.71. The summed E-state index contributed by atoms with van der Waals surface area (Å²) >= 11 is 1.93. The van der Waals surface area contributed by atoms with Gasteiger partial charge in [0.25, 0.3) is 0 Å². The maximum absolute atomic E-state index is 9.61. The minimum atomic E-state index is -0.0764. The van der Waals surface area contributed by atoms with Gasteiger partial charge in [0.2, 0.25) is 0 Å². The van der Waals surface area contributed by atoms with Crippen molar-refractivity contribution in [3.05, 3.63) is 0 Å². The molecular formula is C8H16OS. The van der Waals surface area contributed by atoms with E-state index in [0.29, 0.717) is 11.2 Å². The summed E-state index contributed by atoms with van der Waals surface area (Å²) < 4.78 is 0. The summed E-state index contributed by atoms with van der Waals surface area (Å²) in [6, 6.07) is 0. The fourth-order valence-corrected chi connectivity index (χ4v) is 2.78. The maximum atomic E-state index is 9.61. The third-order valence-electron chi connectivity index (χ3n) is 2.03. The van der Waals surface area contributed by atoms with Crippen molar-refractivity contribution in [2.75, 3.05) is 5.75 Å². The highest BCUT2D eigenvalue weighted by Gasteiger charge is 2.25. The van der Waals surface area contributed by atoms with Crippen molar-refractivity contribution in [2.45, 2.75) is 38.0 Å². The molecule has 1 saturated heterocycles. The molecule has 1 aliphatic heterocycles. The Kier molecular flexibility index (Phi) is 3.05. The van der Waals surface area contributed by atoms with Crippen molar-refractivity contribution in [3.8, 4) is 0 Å². The van der Waals surface area contributed by atoms with Crippen LogP contribution in [0, 0.1) is 5.92 Å². The second kappa shape index (κ2) is 3.63. The van der Waals surface area contributed by atoms with Crippen LogP contribution in [0.2, 0.25) is 0 Å². The molecule has 0 bridgehead atoms. The number of rotatable bonds is 2. The first-order valence-corrected chi connectivity index (χ1v) is 5.06. The van der Waals surface area contributed by atoms with Gasteiger partial charge in [-0.1, -0.05) is 13.8 Å². The van der Waals surface area contributed by atoms with Crippen molar-refractivity contribution < 1.29 is 5.11 Å². The Morgan fingerprint density at radius 1 is 1.50 bits per heavy atom. The normalized spacial score (nSPS) is 29.4. The van der Waals surface area contributed by atoms with Gasteiger partial charge in [0.05, 0.1) is 6.10 Å². The minimum absolute atomic E-state index is 0.0764. The summed E-state index contributed by atoms with van der Waals surface area (Å²) in [5.41, 5.74) is 0. The molecule has 0 saturated carbocycles. The molecule has 10 heavy (non-hydrogen) atoms. The molecule has 1 heterocycles. The SMILES string of the molecule is CC(C)C(O)C1CCCS1. The monoisotopic (exact) mass is 160 g/mol. The molecule has 0 aromatic rings. The molecule has 0 aromatic heterocycles. The third-order valence-corrected chi connectivity index (χ3v) is 3.50. The van der Waals surface area contributed by atoms with Gasteiger partial charge in [-0.2, -0.15) is 11.8 Å². The highest BCUT2D eigenvalue weighted by Crippen LogP contribution is 2.31. The second-order valence-corrected chi connectivity index (χ2v) is 4.63. The maximum Gasteiger partial charge on any atom is 0.0681 e. The van der Waals surface area contributed by atoms with E-state index in [2.05, 4.69) is 13.8 Å². The summed E-state index contributed by atoms with van der Waals surface area (Å²) in [7, 11) is 0. The second-order valence-electron chi connectivity index (χ2n) is 3.29. The van der Waals surface area contributed by atoms with Crippen LogP contribution in [0.25, 0.3) is 0 Å². The molecule has 1 aliphatic rings. The lowest BCUT2D eigenvalue weighted by Crippen LogP contribution is -2.26. The molecule has 1 rings (SSSR count). The van der Waals surface area contributed by atoms with E-state index in [4.69, 9.17) is 0 Å². The molecule has 1 nitrogen and oxygen atoms in total. The van der Waals surface area contributed by atoms with Gasteiger partial charge in [-0.3, -0.25) is 0 Å². The van der Waals surface area contributed by atoms with Gasteiger partial charge in [0, 0.05) is 5.25 Å².